The number of H-pyrrole nitrogens is 1. The third-order valence-corrected chi connectivity index (χ3v) is 1.86. The molecule has 0 unspecified atom stereocenters. The Bertz CT molecular complexity index is 316. The summed E-state index contributed by atoms with van der Waals surface area (Å²) in [5, 5.41) is 0. The van der Waals surface area contributed by atoms with Gasteiger partial charge in [0.05, 0.1) is 0 Å². The largest absolute Gasteiger partial charge is 0.519 e. The van der Waals surface area contributed by atoms with Gasteiger partial charge in [0, 0.05) is 12.3 Å². The van der Waals surface area contributed by atoms with E-state index in [1.807, 2.05) is 19.6 Å². The minimum atomic E-state index is -1.65. The molecule has 1 N–H and O–H groups in total. The summed E-state index contributed by atoms with van der Waals surface area (Å²) in [4.78, 5) is 17.2. The number of hydrogen-bond acceptors (Lipinski definition) is 3. The summed E-state index contributed by atoms with van der Waals surface area (Å²) in [5.74, 6) is 0. The standard InChI is InChI=1S/C7H12N2O2Si/c1-12(2,3)11-7-8-5-4-6(10)9-7/h4-5H,1-3H3,(H,8,9,10). The lowest BCUT2D eigenvalue weighted by molar-refractivity contribution is 0.506. The summed E-state index contributed by atoms with van der Waals surface area (Å²) in [5.41, 5.74) is -0.182. The lowest BCUT2D eigenvalue weighted by atomic mass is 10.7. The summed E-state index contributed by atoms with van der Waals surface area (Å²) in [6.07, 6.45) is 1.44. The van der Waals surface area contributed by atoms with Crippen LogP contribution in [0.2, 0.25) is 19.6 Å². The Morgan fingerprint density at radius 2 is 2.17 bits per heavy atom. The van der Waals surface area contributed by atoms with Crippen molar-refractivity contribution >= 4 is 8.32 Å². The van der Waals surface area contributed by atoms with Gasteiger partial charge in [0.15, 0.2) is 0 Å². The van der Waals surface area contributed by atoms with Crippen LogP contribution < -0.4 is 9.99 Å². The van der Waals surface area contributed by atoms with E-state index in [9.17, 15) is 4.79 Å². The fourth-order valence-corrected chi connectivity index (χ4v) is 1.38. The van der Waals surface area contributed by atoms with Crippen molar-refractivity contribution in [1.82, 2.24) is 9.97 Å². The predicted molar refractivity (Wildman–Crippen MR) is 48.8 cm³/mol. The minimum absolute atomic E-state index is 0.182. The van der Waals surface area contributed by atoms with Crippen molar-refractivity contribution in [2.75, 3.05) is 0 Å². The molecule has 1 rings (SSSR count). The Labute approximate surface area is 71.7 Å². The highest BCUT2D eigenvalue weighted by atomic mass is 28.4. The molecular formula is C7H12N2O2Si. The van der Waals surface area contributed by atoms with Crippen LogP contribution in [-0.4, -0.2) is 18.3 Å². The smallest absolute Gasteiger partial charge is 0.282 e. The van der Waals surface area contributed by atoms with E-state index >= 15 is 0 Å². The molecule has 0 aliphatic heterocycles. The van der Waals surface area contributed by atoms with Crippen LogP contribution >= 0.6 is 0 Å². The molecule has 4 nitrogen and oxygen atoms in total. The minimum Gasteiger partial charge on any atom is -0.519 e. The number of aromatic nitrogens is 2. The second kappa shape index (κ2) is 3.10. The Morgan fingerprint density at radius 1 is 1.50 bits per heavy atom. The summed E-state index contributed by atoms with van der Waals surface area (Å²) in [7, 11) is -1.65. The number of hydrogen-bond donors (Lipinski definition) is 1. The molecule has 0 aliphatic rings. The van der Waals surface area contributed by atoms with Gasteiger partial charge in [0.1, 0.15) is 0 Å². The molecule has 0 aliphatic carbocycles. The first-order valence-electron chi connectivity index (χ1n) is 3.72. The van der Waals surface area contributed by atoms with Gasteiger partial charge in [-0.15, -0.1) is 0 Å². The molecule has 0 spiro atoms. The van der Waals surface area contributed by atoms with Gasteiger partial charge in [0.2, 0.25) is 8.32 Å². The number of nitrogens with zero attached hydrogens (tertiary/aromatic N) is 1. The van der Waals surface area contributed by atoms with Crippen LogP contribution in [0.15, 0.2) is 17.1 Å². The van der Waals surface area contributed by atoms with Gasteiger partial charge < -0.3 is 4.43 Å². The zero-order valence-corrected chi connectivity index (χ0v) is 8.42. The molecule has 5 heteroatoms. The van der Waals surface area contributed by atoms with Gasteiger partial charge >= 0.3 is 0 Å². The number of aromatic amines is 1. The van der Waals surface area contributed by atoms with Crippen molar-refractivity contribution in [3.05, 3.63) is 22.6 Å². The summed E-state index contributed by atoms with van der Waals surface area (Å²) < 4.78 is 5.45. The van der Waals surface area contributed by atoms with Gasteiger partial charge in [-0.25, -0.2) is 4.98 Å². The fraction of sp³-hybridized carbons (Fsp3) is 0.429. The van der Waals surface area contributed by atoms with Crippen molar-refractivity contribution in [1.29, 1.82) is 0 Å². The van der Waals surface area contributed by atoms with Crippen LogP contribution in [-0.2, 0) is 0 Å². The molecule has 1 heterocycles. The van der Waals surface area contributed by atoms with Gasteiger partial charge in [-0.2, -0.15) is 0 Å². The summed E-state index contributed by atoms with van der Waals surface area (Å²) in [6.45, 7) is 6.08. The van der Waals surface area contributed by atoms with Crippen LogP contribution in [0.4, 0.5) is 0 Å². The molecule has 1 aromatic rings. The first-order valence-corrected chi connectivity index (χ1v) is 7.12. The van der Waals surface area contributed by atoms with Crippen LogP contribution in [0.1, 0.15) is 0 Å². The van der Waals surface area contributed by atoms with Crippen LogP contribution in [0.3, 0.4) is 0 Å². The van der Waals surface area contributed by atoms with Crippen molar-refractivity contribution in [2.24, 2.45) is 0 Å². The summed E-state index contributed by atoms with van der Waals surface area (Å²) >= 11 is 0. The Kier molecular flexibility index (Phi) is 2.32. The highest BCUT2D eigenvalue weighted by Gasteiger charge is 2.17. The molecule has 0 saturated heterocycles. The van der Waals surface area contributed by atoms with Gasteiger partial charge in [-0.3, -0.25) is 9.78 Å². The average Bonchev–Trinajstić information content (AvgIpc) is 1.82. The molecule has 0 amide bonds. The van der Waals surface area contributed by atoms with Crippen molar-refractivity contribution < 1.29 is 4.43 Å². The van der Waals surface area contributed by atoms with E-state index in [0.29, 0.717) is 6.01 Å². The van der Waals surface area contributed by atoms with E-state index in [2.05, 4.69) is 9.97 Å². The first-order chi connectivity index (χ1) is 5.47. The maximum atomic E-state index is 10.8. The topological polar surface area (TPSA) is 55.0 Å². The second-order valence-electron chi connectivity index (χ2n) is 3.45. The van der Waals surface area contributed by atoms with Crippen LogP contribution in [0.25, 0.3) is 0 Å². The molecule has 12 heavy (non-hydrogen) atoms. The van der Waals surface area contributed by atoms with Crippen molar-refractivity contribution in [3.8, 4) is 6.01 Å². The maximum Gasteiger partial charge on any atom is 0.282 e. The summed E-state index contributed by atoms with van der Waals surface area (Å²) in [6, 6.07) is 1.68. The van der Waals surface area contributed by atoms with E-state index in [1.54, 1.807) is 0 Å². The van der Waals surface area contributed by atoms with Crippen LogP contribution in [0.5, 0.6) is 6.01 Å². The van der Waals surface area contributed by atoms with Gasteiger partial charge in [-0.05, 0) is 19.6 Å². The Morgan fingerprint density at radius 3 is 2.67 bits per heavy atom. The first kappa shape index (κ1) is 8.99. The number of nitrogens with one attached hydrogen (secondary N) is 1. The third-order valence-electron chi connectivity index (χ3n) is 1.05. The number of rotatable bonds is 2. The van der Waals surface area contributed by atoms with E-state index in [4.69, 9.17) is 4.43 Å². The van der Waals surface area contributed by atoms with E-state index in [-0.39, 0.29) is 5.56 Å². The molecule has 0 saturated carbocycles. The molecule has 1 aromatic heterocycles. The van der Waals surface area contributed by atoms with E-state index < -0.39 is 8.32 Å². The molecule has 66 valence electrons. The second-order valence-corrected chi connectivity index (χ2v) is 7.88. The fourth-order valence-electron chi connectivity index (χ4n) is 0.694. The molecule has 0 bridgehead atoms. The normalized spacial score (nSPS) is 11.2. The Hall–Kier alpha value is -1.10. The predicted octanol–water partition coefficient (Wildman–Crippen LogP) is 0.984. The van der Waals surface area contributed by atoms with Crippen molar-refractivity contribution in [2.45, 2.75) is 19.6 Å². The average molecular weight is 184 g/mol. The molecule has 0 fully saturated rings. The highest BCUT2D eigenvalue weighted by Crippen LogP contribution is 2.06. The molecule has 0 atom stereocenters. The molecule has 0 aromatic carbocycles. The quantitative estimate of drug-likeness (QED) is 0.697. The van der Waals surface area contributed by atoms with Crippen molar-refractivity contribution in [3.63, 3.8) is 0 Å². The molecule has 0 radical (unpaired) electrons. The zero-order chi connectivity index (χ0) is 9.19. The lowest BCUT2D eigenvalue weighted by Crippen LogP contribution is -2.31. The molecular weight excluding hydrogens is 172 g/mol. The van der Waals surface area contributed by atoms with Gasteiger partial charge in [-0.1, -0.05) is 0 Å². The van der Waals surface area contributed by atoms with E-state index in [0.717, 1.165) is 0 Å². The Balaban J connectivity index is 2.84. The zero-order valence-electron chi connectivity index (χ0n) is 7.42. The third kappa shape index (κ3) is 2.87. The van der Waals surface area contributed by atoms with Gasteiger partial charge in [0.25, 0.3) is 11.6 Å². The van der Waals surface area contributed by atoms with E-state index in [1.165, 1.54) is 12.3 Å². The lowest BCUT2D eigenvalue weighted by Gasteiger charge is -2.16. The SMILES string of the molecule is C[Si](C)(C)Oc1nccc(=O)[nH]1. The monoisotopic (exact) mass is 184 g/mol. The highest BCUT2D eigenvalue weighted by molar-refractivity contribution is 6.70. The maximum absolute atomic E-state index is 10.8. The van der Waals surface area contributed by atoms with Crippen LogP contribution in [0, 0.1) is 0 Å².